The maximum Gasteiger partial charge on any atom is 0.244 e. The molecule has 0 N–H and O–H groups in total. The van der Waals surface area contributed by atoms with Crippen LogP contribution in [-0.2, 0) is 18.4 Å². The first-order chi connectivity index (χ1) is 20.7. The van der Waals surface area contributed by atoms with Crippen molar-refractivity contribution in [3.05, 3.63) is 90.5 Å². The second kappa shape index (κ2) is 20.5. The van der Waals surface area contributed by atoms with Crippen molar-refractivity contribution in [1.29, 1.82) is 0 Å². The van der Waals surface area contributed by atoms with Gasteiger partial charge in [-0.25, -0.2) is 9.13 Å². The Hall–Kier alpha value is -2.35. The first-order valence-electron chi connectivity index (χ1n) is 17.8. The van der Waals surface area contributed by atoms with E-state index in [1.165, 1.54) is 127 Å². The van der Waals surface area contributed by atoms with E-state index in [1.54, 1.807) is 0 Å². The van der Waals surface area contributed by atoms with Crippen LogP contribution in [0.25, 0.3) is 0 Å². The molecule has 2 aromatic carbocycles. The first kappa shape index (κ1) is 34.1. The molecule has 0 spiro atoms. The van der Waals surface area contributed by atoms with E-state index in [4.69, 9.17) is 0 Å². The number of nitrogens with zero attached hydrogens (tertiary/aromatic N) is 2. The van der Waals surface area contributed by atoms with Crippen molar-refractivity contribution in [2.75, 3.05) is 0 Å². The molecule has 0 amide bonds. The van der Waals surface area contributed by atoms with Gasteiger partial charge >= 0.3 is 0 Å². The number of aromatic nitrogens is 2. The smallest absolute Gasteiger partial charge is 0.237 e. The fraction of sp³-hybridized carbons (Fsp3) is 0.625. The number of benzene rings is 2. The molecule has 1 heterocycles. The fourth-order valence-electron chi connectivity index (χ4n) is 6.85. The number of aryl methyl sites for hydroxylation is 1. The van der Waals surface area contributed by atoms with Crippen molar-refractivity contribution >= 4 is 0 Å². The number of imidazole rings is 1. The molecule has 0 saturated heterocycles. The van der Waals surface area contributed by atoms with Crippen LogP contribution in [0.4, 0.5) is 0 Å². The Balaban J connectivity index is 1.65. The lowest BCUT2D eigenvalue weighted by molar-refractivity contribution is -0.697. The maximum atomic E-state index is 2.57. The number of unbranched alkanes of at least 4 members (excludes halogenated alkanes) is 15. The molecule has 42 heavy (non-hydrogen) atoms. The molecule has 0 aliphatic rings. The van der Waals surface area contributed by atoms with Crippen LogP contribution in [0.5, 0.6) is 0 Å². The van der Waals surface area contributed by atoms with Gasteiger partial charge in [-0.05, 0) is 43.2 Å². The number of hydrogen-bond acceptors (Lipinski definition) is 0. The van der Waals surface area contributed by atoms with Gasteiger partial charge in [0.2, 0.25) is 6.33 Å². The standard InChI is InChI=1S/C40H63N2/c1-4-6-8-10-12-13-14-16-18-26-32-41-33-34-42(36-41)39(31-25-17-15-11-9-7-5-2)40(3,38-29-23-20-24-30-38)35-37-27-21-19-22-28-37/h19-24,27-30,33-34,36,39H,4-18,25-26,31-32,35H2,1-3H3/q+1. The van der Waals surface area contributed by atoms with Gasteiger partial charge in [-0.1, -0.05) is 171 Å². The van der Waals surface area contributed by atoms with Gasteiger partial charge in [-0.2, -0.15) is 0 Å². The Morgan fingerprint density at radius 2 is 1.12 bits per heavy atom. The van der Waals surface area contributed by atoms with Crippen LogP contribution in [0.1, 0.15) is 154 Å². The van der Waals surface area contributed by atoms with E-state index in [0.29, 0.717) is 6.04 Å². The summed E-state index contributed by atoms with van der Waals surface area (Å²) in [4.78, 5) is 0. The summed E-state index contributed by atoms with van der Waals surface area (Å²) >= 11 is 0. The topological polar surface area (TPSA) is 8.81 Å². The fourth-order valence-corrected chi connectivity index (χ4v) is 6.85. The summed E-state index contributed by atoms with van der Waals surface area (Å²) in [6.07, 6.45) is 32.8. The largest absolute Gasteiger partial charge is 0.244 e. The molecule has 3 rings (SSSR count). The quantitative estimate of drug-likeness (QED) is 0.0747. The molecule has 0 bridgehead atoms. The molecule has 0 fully saturated rings. The predicted octanol–water partition coefficient (Wildman–Crippen LogP) is 11.6. The van der Waals surface area contributed by atoms with Gasteiger partial charge in [-0.15, -0.1) is 0 Å². The molecule has 2 unspecified atom stereocenters. The minimum absolute atomic E-state index is 0.0127. The van der Waals surface area contributed by atoms with Crippen LogP contribution >= 0.6 is 0 Å². The molecule has 3 aromatic rings. The molecule has 2 nitrogen and oxygen atoms in total. The molecule has 0 aliphatic heterocycles. The Kier molecular flexibility index (Phi) is 16.7. The minimum Gasteiger partial charge on any atom is -0.237 e. The molecule has 2 heteroatoms. The van der Waals surface area contributed by atoms with Gasteiger partial charge in [0.25, 0.3) is 0 Å². The number of rotatable bonds is 24. The van der Waals surface area contributed by atoms with Gasteiger partial charge in [-0.3, -0.25) is 0 Å². The first-order valence-corrected chi connectivity index (χ1v) is 17.8. The predicted molar refractivity (Wildman–Crippen MR) is 182 cm³/mol. The molecule has 1 aromatic heterocycles. The van der Waals surface area contributed by atoms with Crippen molar-refractivity contribution in [2.24, 2.45) is 0 Å². The molecular formula is C40H63N2+. The summed E-state index contributed by atoms with van der Waals surface area (Å²) < 4.78 is 5.03. The molecule has 0 saturated carbocycles. The lowest BCUT2D eigenvalue weighted by Crippen LogP contribution is -2.38. The molecule has 0 radical (unpaired) electrons. The second-order valence-electron chi connectivity index (χ2n) is 13.2. The monoisotopic (exact) mass is 571 g/mol. The van der Waals surface area contributed by atoms with Crippen LogP contribution in [0.3, 0.4) is 0 Å². The highest BCUT2D eigenvalue weighted by Gasteiger charge is 2.40. The Morgan fingerprint density at radius 3 is 1.69 bits per heavy atom. The van der Waals surface area contributed by atoms with Crippen LogP contribution < -0.4 is 4.57 Å². The van der Waals surface area contributed by atoms with Crippen LogP contribution in [0, 0.1) is 0 Å². The van der Waals surface area contributed by atoms with Crippen molar-refractivity contribution in [3.63, 3.8) is 0 Å². The Labute approximate surface area is 260 Å². The van der Waals surface area contributed by atoms with Crippen molar-refractivity contribution in [3.8, 4) is 0 Å². The zero-order chi connectivity index (χ0) is 29.7. The van der Waals surface area contributed by atoms with Gasteiger partial charge < -0.3 is 0 Å². The highest BCUT2D eigenvalue weighted by molar-refractivity contribution is 5.30. The summed E-state index contributed by atoms with van der Waals surface area (Å²) in [5.41, 5.74) is 2.90. The van der Waals surface area contributed by atoms with E-state index >= 15 is 0 Å². The number of hydrogen-bond donors (Lipinski definition) is 0. The third kappa shape index (κ3) is 12.1. The third-order valence-corrected chi connectivity index (χ3v) is 9.51. The minimum atomic E-state index is 0.0127. The second-order valence-corrected chi connectivity index (χ2v) is 13.2. The lowest BCUT2D eigenvalue weighted by atomic mass is 9.70. The van der Waals surface area contributed by atoms with Gasteiger partial charge in [0.1, 0.15) is 18.4 Å². The average Bonchev–Trinajstić information content (AvgIpc) is 3.48. The summed E-state index contributed by atoms with van der Waals surface area (Å²) in [5.74, 6) is 0. The van der Waals surface area contributed by atoms with Gasteiger partial charge in [0.05, 0.1) is 6.54 Å². The summed E-state index contributed by atoms with van der Waals surface area (Å²) in [6.45, 7) is 8.26. The highest BCUT2D eigenvalue weighted by atomic mass is 15.1. The Bertz CT molecular complexity index is 1040. The van der Waals surface area contributed by atoms with Gasteiger partial charge in [0.15, 0.2) is 0 Å². The average molecular weight is 572 g/mol. The molecule has 0 aliphatic carbocycles. The van der Waals surface area contributed by atoms with E-state index < -0.39 is 0 Å². The van der Waals surface area contributed by atoms with Crippen molar-refractivity contribution in [2.45, 2.75) is 161 Å². The van der Waals surface area contributed by atoms with E-state index in [9.17, 15) is 0 Å². The Morgan fingerprint density at radius 1 is 0.619 bits per heavy atom. The SMILES string of the molecule is CCCCCCCCCCCC[n+]1ccn(C(CCCCCCCCC)C(C)(Cc2ccccc2)c2ccccc2)c1. The lowest BCUT2D eigenvalue weighted by Gasteiger charge is -2.37. The third-order valence-electron chi connectivity index (χ3n) is 9.51. The van der Waals surface area contributed by atoms with E-state index in [1.807, 2.05) is 0 Å². The highest BCUT2D eigenvalue weighted by Crippen LogP contribution is 2.41. The van der Waals surface area contributed by atoms with Crippen LogP contribution in [0.15, 0.2) is 79.4 Å². The van der Waals surface area contributed by atoms with Gasteiger partial charge in [0, 0.05) is 5.41 Å². The van der Waals surface area contributed by atoms with Crippen molar-refractivity contribution < 1.29 is 4.57 Å². The molecule has 232 valence electrons. The van der Waals surface area contributed by atoms with E-state index in [2.05, 4.69) is 109 Å². The summed E-state index contributed by atoms with van der Waals surface area (Å²) in [6, 6.07) is 22.9. The van der Waals surface area contributed by atoms with Crippen molar-refractivity contribution in [1.82, 2.24) is 4.57 Å². The van der Waals surface area contributed by atoms with Crippen LogP contribution in [0.2, 0.25) is 0 Å². The summed E-state index contributed by atoms with van der Waals surface area (Å²) in [5, 5.41) is 0. The van der Waals surface area contributed by atoms with Crippen LogP contribution in [-0.4, -0.2) is 4.57 Å². The zero-order valence-electron chi connectivity index (χ0n) is 27.6. The normalized spacial score (nSPS) is 13.7. The van der Waals surface area contributed by atoms with E-state index in [0.717, 1.165) is 13.0 Å². The summed E-state index contributed by atoms with van der Waals surface area (Å²) in [7, 11) is 0. The molecule has 2 atom stereocenters. The van der Waals surface area contributed by atoms with E-state index in [-0.39, 0.29) is 5.41 Å². The zero-order valence-corrected chi connectivity index (χ0v) is 27.6. The molecular weight excluding hydrogens is 508 g/mol. The maximum absolute atomic E-state index is 2.57.